The molecular weight excluding hydrogens is 234 g/mol. The van der Waals surface area contributed by atoms with Crippen molar-refractivity contribution in [2.75, 3.05) is 17.2 Å². The van der Waals surface area contributed by atoms with Crippen LogP contribution in [0.2, 0.25) is 0 Å². The Kier molecular flexibility index (Phi) is 4.04. The second-order valence-corrected chi connectivity index (χ2v) is 4.37. The minimum atomic E-state index is 0.680. The van der Waals surface area contributed by atoms with E-state index in [2.05, 4.69) is 17.9 Å². The molecule has 0 atom stereocenters. The van der Waals surface area contributed by atoms with Crippen LogP contribution in [0.3, 0.4) is 0 Å². The van der Waals surface area contributed by atoms with E-state index < -0.39 is 0 Å². The predicted octanol–water partition coefficient (Wildman–Crippen LogP) is 3.17. The molecule has 0 aliphatic heterocycles. The maximum atomic E-state index is 8.82. The third kappa shape index (κ3) is 3.05. The minimum Gasteiger partial charge on any atom is -0.398 e. The van der Waals surface area contributed by atoms with Gasteiger partial charge in [0, 0.05) is 24.5 Å². The lowest BCUT2D eigenvalue weighted by Gasteiger charge is -2.24. The van der Waals surface area contributed by atoms with Crippen LogP contribution in [0.1, 0.15) is 18.1 Å². The van der Waals surface area contributed by atoms with Gasteiger partial charge in [0.1, 0.15) is 0 Å². The summed E-state index contributed by atoms with van der Waals surface area (Å²) in [6.07, 6.45) is 0. The second-order valence-electron chi connectivity index (χ2n) is 4.37. The Morgan fingerprint density at radius 1 is 1.11 bits per heavy atom. The maximum Gasteiger partial charge on any atom is 0.0991 e. The van der Waals surface area contributed by atoms with Gasteiger partial charge in [-0.1, -0.05) is 18.2 Å². The molecule has 2 N–H and O–H groups in total. The number of para-hydroxylation sites is 1. The number of nitrogens with two attached hydrogens (primary N) is 1. The van der Waals surface area contributed by atoms with E-state index in [0.29, 0.717) is 5.56 Å². The number of nitriles is 1. The fraction of sp³-hybridized carbons (Fsp3) is 0.188. The van der Waals surface area contributed by atoms with Crippen molar-refractivity contribution >= 4 is 11.4 Å². The summed E-state index contributed by atoms with van der Waals surface area (Å²) >= 11 is 0. The Morgan fingerprint density at radius 3 is 2.37 bits per heavy atom. The molecule has 3 heteroatoms. The van der Waals surface area contributed by atoms with Crippen LogP contribution in [-0.2, 0) is 6.54 Å². The van der Waals surface area contributed by atoms with Crippen molar-refractivity contribution in [2.24, 2.45) is 0 Å². The van der Waals surface area contributed by atoms with Gasteiger partial charge in [-0.25, -0.2) is 0 Å². The highest BCUT2D eigenvalue weighted by Crippen LogP contribution is 2.20. The Balaban J connectivity index is 2.20. The first-order valence-electron chi connectivity index (χ1n) is 6.33. The van der Waals surface area contributed by atoms with Crippen molar-refractivity contribution in [2.45, 2.75) is 13.5 Å². The Bertz CT molecular complexity index is 582. The number of nitrogens with zero attached hydrogens (tertiary/aromatic N) is 2. The molecule has 0 fully saturated rings. The average Bonchev–Trinajstić information content (AvgIpc) is 2.47. The van der Waals surface area contributed by atoms with E-state index in [9.17, 15) is 0 Å². The Morgan fingerprint density at radius 2 is 1.79 bits per heavy atom. The molecule has 2 aromatic carbocycles. The molecule has 96 valence electrons. The Labute approximate surface area is 113 Å². The van der Waals surface area contributed by atoms with E-state index in [4.69, 9.17) is 11.0 Å². The maximum absolute atomic E-state index is 8.82. The number of anilines is 2. The summed E-state index contributed by atoms with van der Waals surface area (Å²) in [6, 6.07) is 17.7. The van der Waals surface area contributed by atoms with Gasteiger partial charge in [0.25, 0.3) is 0 Å². The molecule has 3 nitrogen and oxygen atoms in total. The molecule has 0 saturated heterocycles. The first kappa shape index (κ1) is 13.0. The molecule has 2 aromatic rings. The summed E-state index contributed by atoms with van der Waals surface area (Å²) in [5, 5.41) is 8.82. The Hall–Kier alpha value is -2.47. The zero-order valence-electron chi connectivity index (χ0n) is 11.0. The van der Waals surface area contributed by atoms with Crippen LogP contribution in [0.4, 0.5) is 11.4 Å². The van der Waals surface area contributed by atoms with E-state index in [1.165, 1.54) is 0 Å². The van der Waals surface area contributed by atoms with Crippen molar-refractivity contribution in [1.82, 2.24) is 0 Å². The average molecular weight is 251 g/mol. The molecule has 0 radical (unpaired) electrons. The van der Waals surface area contributed by atoms with Crippen LogP contribution in [0.15, 0.2) is 48.5 Å². The van der Waals surface area contributed by atoms with Gasteiger partial charge < -0.3 is 10.6 Å². The minimum absolute atomic E-state index is 0.680. The summed E-state index contributed by atoms with van der Waals surface area (Å²) in [4.78, 5) is 2.23. The van der Waals surface area contributed by atoms with Crippen LogP contribution in [0, 0.1) is 11.3 Å². The lowest BCUT2D eigenvalue weighted by Crippen LogP contribution is -2.22. The van der Waals surface area contributed by atoms with Gasteiger partial charge in [0.05, 0.1) is 11.6 Å². The molecule has 0 heterocycles. The van der Waals surface area contributed by atoms with Crippen LogP contribution in [-0.4, -0.2) is 6.54 Å². The topological polar surface area (TPSA) is 53.0 Å². The van der Waals surface area contributed by atoms with Crippen molar-refractivity contribution in [1.29, 1.82) is 5.26 Å². The molecule has 0 saturated carbocycles. The molecule has 0 aliphatic rings. The summed E-state index contributed by atoms with van der Waals surface area (Å²) in [5.41, 5.74) is 9.69. The van der Waals surface area contributed by atoms with Crippen LogP contribution >= 0.6 is 0 Å². The van der Waals surface area contributed by atoms with E-state index in [-0.39, 0.29) is 0 Å². The summed E-state index contributed by atoms with van der Waals surface area (Å²) < 4.78 is 0. The van der Waals surface area contributed by atoms with Gasteiger partial charge in [0.2, 0.25) is 0 Å². The van der Waals surface area contributed by atoms with E-state index >= 15 is 0 Å². The van der Waals surface area contributed by atoms with Crippen LogP contribution in [0.25, 0.3) is 0 Å². The lowest BCUT2D eigenvalue weighted by atomic mass is 10.1. The van der Waals surface area contributed by atoms with Crippen molar-refractivity contribution in [3.8, 4) is 6.07 Å². The zero-order chi connectivity index (χ0) is 13.7. The first-order chi connectivity index (χ1) is 9.24. The molecule has 0 bridgehead atoms. The summed E-state index contributed by atoms with van der Waals surface area (Å²) in [7, 11) is 0. The zero-order valence-corrected chi connectivity index (χ0v) is 11.0. The highest BCUT2D eigenvalue weighted by atomic mass is 15.1. The van der Waals surface area contributed by atoms with Gasteiger partial charge in [-0.15, -0.1) is 0 Å². The van der Waals surface area contributed by atoms with E-state index in [0.717, 1.165) is 30.0 Å². The van der Waals surface area contributed by atoms with Gasteiger partial charge in [-0.2, -0.15) is 5.26 Å². The SMILES string of the molecule is CCN(Cc1ccccc1N)c1ccc(C#N)cc1. The summed E-state index contributed by atoms with van der Waals surface area (Å²) in [6.45, 7) is 3.77. The number of benzene rings is 2. The van der Waals surface area contributed by atoms with Crippen LogP contribution < -0.4 is 10.6 Å². The van der Waals surface area contributed by atoms with Crippen LogP contribution in [0.5, 0.6) is 0 Å². The first-order valence-corrected chi connectivity index (χ1v) is 6.33. The second kappa shape index (κ2) is 5.92. The van der Waals surface area contributed by atoms with Crippen molar-refractivity contribution < 1.29 is 0 Å². The molecule has 2 rings (SSSR count). The fourth-order valence-electron chi connectivity index (χ4n) is 2.02. The van der Waals surface area contributed by atoms with Gasteiger partial charge >= 0.3 is 0 Å². The highest BCUT2D eigenvalue weighted by Gasteiger charge is 2.07. The monoisotopic (exact) mass is 251 g/mol. The number of nitrogen functional groups attached to an aromatic ring is 1. The summed E-state index contributed by atoms with van der Waals surface area (Å²) in [5.74, 6) is 0. The molecule has 0 unspecified atom stereocenters. The normalized spacial score (nSPS) is 9.89. The molecule has 0 aromatic heterocycles. The number of hydrogen-bond acceptors (Lipinski definition) is 3. The standard InChI is InChI=1S/C16H17N3/c1-2-19(12-14-5-3-4-6-16(14)18)15-9-7-13(11-17)8-10-15/h3-10H,2,12,18H2,1H3. The van der Waals surface area contributed by atoms with Gasteiger partial charge in [0.15, 0.2) is 0 Å². The third-order valence-corrected chi connectivity index (χ3v) is 3.16. The van der Waals surface area contributed by atoms with Gasteiger partial charge in [-0.05, 0) is 42.8 Å². The quantitative estimate of drug-likeness (QED) is 0.849. The smallest absolute Gasteiger partial charge is 0.0991 e. The number of hydrogen-bond donors (Lipinski definition) is 1. The molecule has 19 heavy (non-hydrogen) atoms. The number of rotatable bonds is 4. The largest absolute Gasteiger partial charge is 0.398 e. The molecular formula is C16H17N3. The van der Waals surface area contributed by atoms with Crippen molar-refractivity contribution in [3.63, 3.8) is 0 Å². The van der Waals surface area contributed by atoms with E-state index in [1.54, 1.807) is 0 Å². The van der Waals surface area contributed by atoms with Gasteiger partial charge in [-0.3, -0.25) is 0 Å². The fourth-order valence-corrected chi connectivity index (χ4v) is 2.02. The predicted molar refractivity (Wildman–Crippen MR) is 78.7 cm³/mol. The molecule has 0 spiro atoms. The third-order valence-electron chi connectivity index (χ3n) is 3.16. The van der Waals surface area contributed by atoms with Crippen molar-refractivity contribution in [3.05, 3.63) is 59.7 Å². The molecule has 0 amide bonds. The highest BCUT2D eigenvalue weighted by molar-refractivity contribution is 5.53. The molecule has 0 aliphatic carbocycles. The van der Waals surface area contributed by atoms with E-state index in [1.807, 2.05) is 48.5 Å². The lowest BCUT2D eigenvalue weighted by molar-refractivity contribution is 0.833.